The minimum Gasteiger partial charge on any atom is -0.414 e. The van der Waals surface area contributed by atoms with Crippen LogP contribution in [0.3, 0.4) is 0 Å². The second kappa shape index (κ2) is 9.65. The maximum Gasteiger partial charge on any atom is 0.192 e. The monoisotopic (exact) mass is 591 g/mol. The standard InChI is InChI=1S/C28H45N5O7Si/c1-26(2,3)41(8,9)35-12-17-21-22(40-28(6,7)39-21)25(36-17)33-13-30-18-23(29)32(14-31-24(18)33)16-10-15(11-34)19-20(16)38-27(4,5)37-19/h13-17,19-22,25,29,34H,10-12H2,1-9H3/t15-,16-,17-,19-,20+,21-,22-,25-/m1/s1. The van der Waals surface area contributed by atoms with Crippen LogP contribution in [-0.4, -0.2) is 87.8 Å². The molecular weight excluding hydrogens is 546 g/mol. The van der Waals surface area contributed by atoms with E-state index >= 15 is 0 Å². The molecule has 12 nitrogen and oxygen atoms in total. The molecule has 13 heteroatoms. The van der Waals surface area contributed by atoms with Crippen molar-refractivity contribution in [2.24, 2.45) is 5.92 Å². The average molecular weight is 592 g/mol. The maximum absolute atomic E-state index is 10.0. The van der Waals surface area contributed by atoms with E-state index in [0.717, 1.165) is 0 Å². The second-order valence-electron chi connectivity index (χ2n) is 14.3. The van der Waals surface area contributed by atoms with E-state index in [0.29, 0.717) is 24.2 Å². The molecule has 8 atom stereocenters. The van der Waals surface area contributed by atoms with Crippen molar-refractivity contribution >= 4 is 19.5 Å². The third-order valence-electron chi connectivity index (χ3n) is 9.51. The molecule has 2 N–H and O–H groups in total. The third kappa shape index (κ3) is 4.91. The van der Waals surface area contributed by atoms with Gasteiger partial charge in [0.2, 0.25) is 0 Å². The molecule has 0 radical (unpaired) electrons. The largest absolute Gasteiger partial charge is 0.414 e. The molecule has 0 aromatic carbocycles. The highest BCUT2D eigenvalue weighted by molar-refractivity contribution is 6.74. The zero-order valence-corrected chi connectivity index (χ0v) is 26.6. The summed E-state index contributed by atoms with van der Waals surface area (Å²) in [5.41, 5.74) is 1.21. The van der Waals surface area contributed by atoms with Gasteiger partial charge in [0.05, 0.1) is 31.4 Å². The SMILES string of the molecule is CC1(C)O[C@@H]2[C@@H](CO)C[C@@H](n3cnc4c(ncn4[C@@H]4O[C@H](CO[Si](C)(C)C(C)(C)C)[C@H]5OC(C)(C)O[C@H]54)c3=N)[C@@H]2O1. The first-order valence-corrected chi connectivity index (χ1v) is 17.5. The van der Waals surface area contributed by atoms with Gasteiger partial charge in [0, 0.05) is 12.5 Å². The number of hydrogen-bond donors (Lipinski definition) is 2. The summed E-state index contributed by atoms with van der Waals surface area (Å²) in [4.78, 5) is 9.38. The lowest BCUT2D eigenvalue weighted by atomic mass is 10.1. The lowest BCUT2D eigenvalue weighted by molar-refractivity contribution is -0.199. The van der Waals surface area contributed by atoms with E-state index in [2.05, 4.69) is 38.8 Å². The second-order valence-corrected chi connectivity index (χ2v) is 19.1. The van der Waals surface area contributed by atoms with E-state index < -0.39 is 26.1 Å². The Kier molecular flexibility index (Phi) is 6.91. The van der Waals surface area contributed by atoms with E-state index in [4.69, 9.17) is 38.5 Å². The van der Waals surface area contributed by atoms with Crippen LogP contribution in [0.2, 0.25) is 18.1 Å². The molecule has 1 saturated carbocycles. The predicted octanol–water partition coefficient (Wildman–Crippen LogP) is 3.22. The minimum atomic E-state index is -2.01. The Balaban J connectivity index is 1.29. The Morgan fingerprint density at radius 2 is 1.59 bits per heavy atom. The summed E-state index contributed by atoms with van der Waals surface area (Å²) in [6.07, 6.45) is 1.88. The molecule has 0 unspecified atom stereocenters. The highest BCUT2D eigenvalue weighted by Crippen LogP contribution is 2.47. The van der Waals surface area contributed by atoms with Crippen molar-refractivity contribution in [2.75, 3.05) is 13.2 Å². The summed E-state index contributed by atoms with van der Waals surface area (Å²) in [7, 11) is -2.01. The van der Waals surface area contributed by atoms with Gasteiger partial charge in [-0.2, -0.15) is 0 Å². The molecule has 0 spiro atoms. The van der Waals surface area contributed by atoms with Crippen LogP contribution >= 0.6 is 0 Å². The van der Waals surface area contributed by atoms with Crippen molar-refractivity contribution < 1.29 is 33.2 Å². The molecule has 0 amide bonds. The Bertz CT molecular complexity index is 1370. The molecule has 1 aliphatic carbocycles. The van der Waals surface area contributed by atoms with E-state index in [1.165, 1.54) is 0 Å². The number of imidazole rings is 1. The van der Waals surface area contributed by atoms with Crippen molar-refractivity contribution in [1.82, 2.24) is 19.1 Å². The first-order chi connectivity index (χ1) is 19.0. The zero-order chi connectivity index (χ0) is 29.7. The molecule has 5 heterocycles. The van der Waals surface area contributed by atoms with Gasteiger partial charge in [-0.15, -0.1) is 0 Å². The van der Waals surface area contributed by atoms with Gasteiger partial charge < -0.3 is 37.8 Å². The Morgan fingerprint density at radius 3 is 2.24 bits per heavy atom. The van der Waals surface area contributed by atoms with E-state index in [1.54, 1.807) is 17.2 Å². The summed E-state index contributed by atoms with van der Waals surface area (Å²) in [6, 6.07) is -0.204. The number of aliphatic hydroxyl groups is 1. The number of aliphatic hydroxyl groups excluding tert-OH is 1. The lowest BCUT2D eigenvalue weighted by Crippen LogP contribution is -2.44. The van der Waals surface area contributed by atoms with Crippen molar-refractivity contribution in [3.63, 3.8) is 0 Å². The molecule has 0 bridgehead atoms. The smallest absolute Gasteiger partial charge is 0.192 e. The first kappa shape index (κ1) is 29.4. The van der Waals surface area contributed by atoms with Crippen LogP contribution in [0.1, 0.15) is 67.2 Å². The van der Waals surface area contributed by atoms with Gasteiger partial charge in [0.1, 0.15) is 29.9 Å². The molecule has 3 aliphatic heterocycles. The molecule has 2 aromatic rings. The summed E-state index contributed by atoms with van der Waals surface area (Å²) >= 11 is 0. The molecule has 4 aliphatic rings. The van der Waals surface area contributed by atoms with Crippen molar-refractivity contribution in [3.05, 3.63) is 18.1 Å². The summed E-state index contributed by atoms with van der Waals surface area (Å²) < 4.78 is 41.7. The fourth-order valence-electron chi connectivity index (χ4n) is 6.42. The third-order valence-corrected chi connectivity index (χ3v) is 14.0. The van der Waals surface area contributed by atoms with Crippen molar-refractivity contribution in [3.8, 4) is 0 Å². The maximum atomic E-state index is 10.0. The minimum absolute atomic E-state index is 0.00437. The summed E-state index contributed by atoms with van der Waals surface area (Å²) in [5.74, 6) is -1.59. The topological polar surface area (TPSA) is 135 Å². The summed E-state index contributed by atoms with van der Waals surface area (Å²) in [5, 5.41) is 19.2. The van der Waals surface area contributed by atoms with Gasteiger partial charge in [-0.1, -0.05) is 20.8 Å². The molecular formula is C28H45N5O7Si. The number of rotatable bonds is 6. The average Bonchev–Trinajstić information content (AvgIpc) is 3.63. The normalized spacial score (nSPS) is 36.2. The summed E-state index contributed by atoms with van der Waals surface area (Å²) in [6.45, 7) is 19.1. The Hall–Kier alpha value is -1.71. The van der Waals surface area contributed by atoms with Gasteiger partial charge in [0.25, 0.3) is 0 Å². The Morgan fingerprint density at radius 1 is 0.976 bits per heavy atom. The van der Waals surface area contributed by atoms with Crippen molar-refractivity contribution in [2.45, 2.75) is 127 Å². The fourth-order valence-corrected chi connectivity index (χ4v) is 7.43. The van der Waals surface area contributed by atoms with E-state index in [1.807, 2.05) is 32.3 Å². The van der Waals surface area contributed by atoms with Crippen LogP contribution in [0.5, 0.6) is 0 Å². The molecule has 3 saturated heterocycles. The van der Waals surface area contributed by atoms with Gasteiger partial charge >= 0.3 is 0 Å². The highest BCUT2D eigenvalue weighted by atomic mass is 28.4. The highest BCUT2D eigenvalue weighted by Gasteiger charge is 2.57. The molecule has 6 rings (SSSR count). The number of ether oxygens (including phenoxy) is 5. The molecule has 228 valence electrons. The fraction of sp³-hybridized carbons (Fsp3) is 0.821. The van der Waals surface area contributed by atoms with Gasteiger partial charge in [0.15, 0.2) is 37.3 Å². The first-order valence-electron chi connectivity index (χ1n) is 14.6. The van der Waals surface area contributed by atoms with Crippen molar-refractivity contribution in [1.29, 1.82) is 5.41 Å². The van der Waals surface area contributed by atoms with Gasteiger partial charge in [-0.05, 0) is 52.2 Å². The van der Waals surface area contributed by atoms with Gasteiger partial charge in [-0.3, -0.25) is 9.98 Å². The van der Waals surface area contributed by atoms with Crippen LogP contribution in [0.15, 0.2) is 12.7 Å². The molecule has 41 heavy (non-hydrogen) atoms. The number of nitrogens with one attached hydrogen (secondary N) is 1. The van der Waals surface area contributed by atoms with Gasteiger partial charge in [-0.25, -0.2) is 9.97 Å². The number of fused-ring (bicyclic) bond motifs is 3. The Labute approximate surface area is 241 Å². The lowest BCUT2D eigenvalue weighted by Gasteiger charge is -2.37. The zero-order valence-electron chi connectivity index (χ0n) is 25.6. The molecule has 2 aromatic heterocycles. The van der Waals surface area contributed by atoms with Crippen LogP contribution in [0, 0.1) is 11.3 Å². The van der Waals surface area contributed by atoms with Crippen LogP contribution < -0.4 is 5.49 Å². The number of hydrogen-bond acceptors (Lipinski definition) is 10. The molecule has 4 fully saturated rings. The predicted molar refractivity (Wildman–Crippen MR) is 150 cm³/mol. The van der Waals surface area contributed by atoms with E-state index in [9.17, 15) is 5.11 Å². The van der Waals surface area contributed by atoms with E-state index in [-0.39, 0.29) is 59.6 Å². The quantitative estimate of drug-likeness (QED) is 0.486. The van der Waals surface area contributed by atoms with Crippen LogP contribution in [-0.2, 0) is 28.1 Å². The number of aromatic nitrogens is 4. The van der Waals surface area contributed by atoms with Crippen LogP contribution in [0.4, 0.5) is 0 Å². The van der Waals surface area contributed by atoms with Crippen LogP contribution in [0.25, 0.3) is 11.2 Å². The number of nitrogens with zero attached hydrogens (tertiary/aromatic N) is 4.